The van der Waals surface area contributed by atoms with Gasteiger partial charge in [-0.1, -0.05) is 13.3 Å². The largest absolute Gasteiger partial charge is 0.401 e. The minimum atomic E-state index is -4.07. The average Bonchev–Trinajstić information content (AvgIpc) is 1.49. The van der Waals surface area contributed by atoms with Crippen molar-refractivity contribution in [3.8, 4) is 0 Å². The van der Waals surface area contributed by atoms with Crippen LogP contribution in [0.3, 0.4) is 0 Å². The molecule has 5 atom stereocenters. The summed E-state index contributed by atoms with van der Waals surface area (Å²) >= 11 is 0. The fourth-order valence-electron chi connectivity index (χ4n) is 14.2. The molecule has 640 valence electrons. The number of aliphatic hydroxyl groups is 2. The number of hydrogen-bond acceptors (Lipinski definition) is 14. The van der Waals surface area contributed by atoms with E-state index in [-0.39, 0.29) is 77.9 Å². The minimum Gasteiger partial charge on any atom is -0.392 e. The predicted molar refractivity (Wildman–Crippen MR) is 431 cm³/mol. The number of carbonyl (C=O) groups excluding carboxylic acids is 1. The van der Waals surface area contributed by atoms with Gasteiger partial charge in [0.05, 0.1) is 44.9 Å². The lowest BCUT2D eigenvalue weighted by Crippen LogP contribution is -2.58. The minimum absolute atomic E-state index is 0.0509. The van der Waals surface area contributed by atoms with E-state index in [1.54, 1.807) is 9.80 Å². The first-order valence-electron chi connectivity index (χ1n) is 41.5. The highest BCUT2D eigenvalue weighted by Crippen LogP contribution is 2.32. The van der Waals surface area contributed by atoms with Crippen LogP contribution in [0.25, 0.3) is 0 Å². The SMILES string of the molecule is CC(C)(C)N1CCCC(F)(F)C1.CC(C)(C)N1CCCC(F)C1.CC(C)(C)N1CCCC(O)C1.CC(C)(C)N1CCCCC1.CC(C)(C)N1CCN(CC(F)(F)F)CC1.CC(C)N1CC(F)(F)C1.CC(C)N1CCC(F)C1.CC(C)N1CCC(O)C1.CC(C)N1CC[C@H](C)C1.CN1CCN(C(C)(C)C)CC1=O. The standard InChI is InChI=1S/C10H19F3N2.C9H17F2N.C9H18FN.C9H18N2O.C9H19NO.C9H19N.C8H17N.C7H14FN.C7H15NO.C6H11F2N/c1-9(2,3)15-6-4-14(5-7-15)8-10(11,12)13;1-8(2,3)12-6-4-5-9(10,11)7-12;1-9(2,3)11-6-4-5-8(10)7-11;1-9(2,3)11-6-5-10(4)8(12)7-11;1-9(2,3)10-6-4-5-8(11)7-10;1-9(2,3)10-7-5-4-6-8-10;1-7(2)9-5-4-8(3)6-9;1-6(2)9-4-3-7(8)5-9;1-6(2)8-4-3-7(9)5-8;1-5(2)9-3-6(7,8)4-9/h4-8H2,1-3H3;4-7H2,1-3H3;8H,4-7H2,1-3H3;5-7H2,1-4H3;8,11H,4-7H2,1-3H3;4-8H2,1-3H3;7-8H,4-6H2,1-3H3;6-7H,3-5H2,1-2H3;6-7,9H,3-5H2,1-2H3;5H,3-4H2,1-2H3/t;;;;;;8-;;;/m......0.../s1. The van der Waals surface area contributed by atoms with Crippen molar-refractivity contribution in [2.24, 2.45) is 5.92 Å². The second-order valence-corrected chi connectivity index (χ2v) is 39.3. The van der Waals surface area contributed by atoms with Gasteiger partial charge in [-0.05, 0) is 289 Å². The van der Waals surface area contributed by atoms with E-state index >= 15 is 0 Å². The highest BCUT2D eigenvalue weighted by Gasteiger charge is 2.45. The molecule has 1 amide bonds. The van der Waals surface area contributed by atoms with Gasteiger partial charge in [0.1, 0.15) is 12.3 Å². The molecule has 10 saturated heterocycles. The summed E-state index contributed by atoms with van der Waals surface area (Å²) in [5, 5.41) is 18.5. The number of nitrogens with zero attached hydrogens (tertiary/aromatic N) is 12. The Hall–Kier alpha value is -1.68. The molecule has 0 aromatic rings. The number of β-amino-alcohol motifs (C(OH)–C–C–N with tert-alkyl or cyclic N) is 2. The number of likely N-dealkylation sites (N-methyl/N-ethyl adjacent to an activating group) is 1. The fourth-order valence-corrected chi connectivity index (χ4v) is 14.2. The molecule has 0 saturated carbocycles. The molecule has 10 fully saturated rings. The first-order valence-corrected chi connectivity index (χ1v) is 41.5. The van der Waals surface area contributed by atoms with E-state index in [1.807, 2.05) is 46.6 Å². The van der Waals surface area contributed by atoms with Gasteiger partial charge in [0, 0.05) is 156 Å². The van der Waals surface area contributed by atoms with E-state index in [1.165, 1.54) is 56.8 Å². The molecule has 0 aromatic carbocycles. The maximum Gasteiger partial charge on any atom is 0.401 e. The number of likely N-dealkylation sites (tertiary alicyclic amines) is 8. The molecule has 15 nitrogen and oxygen atoms in total. The molecule has 10 aliphatic rings. The molecule has 0 bridgehead atoms. The molecule has 10 aliphatic heterocycles. The van der Waals surface area contributed by atoms with Crippen LogP contribution < -0.4 is 0 Å². The molecular weight excluding hydrogens is 1380 g/mol. The van der Waals surface area contributed by atoms with E-state index in [0.717, 1.165) is 122 Å². The normalized spacial score (nSPS) is 26.3. The van der Waals surface area contributed by atoms with Crippen LogP contribution in [0, 0.1) is 5.92 Å². The first kappa shape index (κ1) is 103. The maximum absolute atomic E-state index is 12.9. The van der Waals surface area contributed by atoms with Crippen molar-refractivity contribution in [3.05, 3.63) is 0 Å². The van der Waals surface area contributed by atoms with Crippen molar-refractivity contribution in [2.45, 2.75) is 364 Å². The Kier molecular flexibility index (Phi) is 45.2. The highest BCUT2D eigenvalue weighted by molar-refractivity contribution is 5.78. The number of carbonyl (C=O) groups is 1. The molecular formula is C83H167F9N12O3. The summed E-state index contributed by atoms with van der Waals surface area (Å²) in [7, 11) is 1.86. The van der Waals surface area contributed by atoms with Crippen LogP contribution >= 0.6 is 0 Å². The Morgan fingerprint density at radius 2 is 0.766 bits per heavy atom. The summed E-state index contributed by atoms with van der Waals surface area (Å²) in [5.74, 6) is -3.70. The molecule has 0 radical (unpaired) electrons. The predicted octanol–water partition coefficient (Wildman–Crippen LogP) is 15.8. The average molecular weight is 1550 g/mol. The number of hydrogen-bond donors (Lipinski definition) is 2. The van der Waals surface area contributed by atoms with Crippen LogP contribution in [0.2, 0.25) is 0 Å². The Balaban J connectivity index is 0.000000597. The molecule has 4 unspecified atom stereocenters. The van der Waals surface area contributed by atoms with Crippen LogP contribution in [0.4, 0.5) is 39.5 Å². The quantitative estimate of drug-likeness (QED) is 0.256. The molecule has 107 heavy (non-hydrogen) atoms. The molecule has 0 aromatic heterocycles. The summed E-state index contributed by atoms with van der Waals surface area (Å²) < 4.78 is 112. The number of alkyl halides is 9. The summed E-state index contributed by atoms with van der Waals surface area (Å²) in [6, 6.07) is 2.15. The number of halogens is 9. The highest BCUT2D eigenvalue weighted by atomic mass is 19.4. The van der Waals surface area contributed by atoms with Gasteiger partial charge in [-0.2, -0.15) is 13.2 Å². The van der Waals surface area contributed by atoms with Crippen LogP contribution in [0.1, 0.15) is 264 Å². The van der Waals surface area contributed by atoms with Crippen LogP contribution in [0.5, 0.6) is 0 Å². The van der Waals surface area contributed by atoms with Crippen molar-refractivity contribution in [1.82, 2.24) is 58.8 Å². The molecule has 0 spiro atoms. The summed E-state index contributed by atoms with van der Waals surface area (Å²) in [6.45, 7) is 75.1. The Labute approximate surface area is 650 Å². The lowest BCUT2D eigenvalue weighted by Gasteiger charge is -2.42. The fraction of sp³-hybridized carbons (Fsp3) is 0.988. The summed E-state index contributed by atoms with van der Waals surface area (Å²) in [5.41, 5.74) is 0.831. The van der Waals surface area contributed by atoms with Crippen molar-refractivity contribution in [1.29, 1.82) is 0 Å². The van der Waals surface area contributed by atoms with Gasteiger partial charge < -0.3 is 20.0 Å². The molecule has 0 aliphatic carbocycles. The Morgan fingerprint density at radius 1 is 0.383 bits per heavy atom. The van der Waals surface area contributed by atoms with Gasteiger partial charge in [-0.15, -0.1) is 0 Å². The first-order chi connectivity index (χ1) is 48.6. The van der Waals surface area contributed by atoms with Gasteiger partial charge in [-0.25, -0.2) is 26.3 Å². The van der Waals surface area contributed by atoms with Crippen molar-refractivity contribution >= 4 is 5.91 Å². The van der Waals surface area contributed by atoms with Gasteiger partial charge in [-0.3, -0.25) is 53.8 Å². The zero-order valence-electron chi connectivity index (χ0n) is 73.7. The summed E-state index contributed by atoms with van der Waals surface area (Å²) in [6.07, 6.45) is 6.50. The van der Waals surface area contributed by atoms with E-state index in [9.17, 15) is 49.4 Å². The van der Waals surface area contributed by atoms with Gasteiger partial charge in [0.2, 0.25) is 5.91 Å². The second-order valence-electron chi connectivity index (χ2n) is 39.3. The molecule has 10 heterocycles. The van der Waals surface area contributed by atoms with Gasteiger partial charge >= 0.3 is 6.18 Å². The second kappa shape index (κ2) is 46.8. The summed E-state index contributed by atoms with van der Waals surface area (Å²) in [4.78, 5) is 36.8. The van der Waals surface area contributed by atoms with Crippen LogP contribution in [-0.4, -0.2) is 339 Å². The smallest absolute Gasteiger partial charge is 0.392 e. The van der Waals surface area contributed by atoms with Crippen molar-refractivity contribution in [2.75, 3.05) is 164 Å². The van der Waals surface area contributed by atoms with Crippen molar-refractivity contribution in [3.63, 3.8) is 0 Å². The molecule has 2 N–H and O–H groups in total. The monoisotopic (exact) mass is 1550 g/mol. The van der Waals surface area contributed by atoms with Crippen LogP contribution in [-0.2, 0) is 4.79 Å². The third-order valence-corrected chi connectivity index (χ3v) is 22.0. The molecule has 24 heteroatoms. The number of amides is 1. The third kappa shape index (κ3) is 45.3. The number of piperazine rings is 2. The van der Waals surface area contributed by atoms with E-state index < -0.39 is 36.9 Å². The number of aliphatic hydroxyl groups excluding tert-OH is 2. The zero-order chi connectivity index (χ0) is 82.7. The zero-order valence-corrected chi connectivity index (χ0v) is 73.7. The Bertz CT molecular complexity index is 2240. The van der Waals surface area contributed by atoms with E-state index in [4.69, 9.17) is 5.11 Å². The van der Waals surface area contributed by atoms with E-state index in [2.05, 4.69) is 192 Å². The molecule has 10 rings (SSSR count). The van der Waals surface area contributed by atoms with Gasteiger partial charge in [0.15, 0.2) is 0 Å². The van der Waals surface area contributed by atoms with Crippen LogP contribution in [0.15, 0.2) is 0 Å². The van der Waals surface area contributed by atoms with Gasteiger partial charge in [0.25, 0.3) is 11.8 Å². The topological polar surface area (TPSA) is 96.4 Å². The number of rotatable bonds is 5. The number of piperidine rings is 4. The Morgan fingerprint density at radius 3 is 1.06 bits per heavy atom. The third-order valence-electron chi connectivity index (χ3n) is 22.0. The van der Waals surface area contributed by atoms with Crippen molar-refractivity contribution < 1.29 is 54.5 Å². The maximum atomic E-state index is 12.9. The lowest BCUT2D eigenvalue weighted by atomic mass is 9.99. The van der Waals surface area contributed by atoms with E-state index in [0.29, 0.717) is 56.8 Å². The lowest BCUT2D eigenvalue weighted by molar-refractivity contribution is -0.150.